The summed E-state index contributed by atoms with van der Waals surface area (Å²) in [4.78, 5) is 0. The lowest BCUT2D eigenvalue weighted by molar-refractivity contribution is 0.413. The summed E-state index contributed by atoms with van der Waals surface area (Å²) < 4.78 is 33.0. The van der Waals surface area contributed by atoms with Crippen molar-refractivity contribution in [3.63, 3.8) is 0 Å². The maximum absolute atomic E-state index is 13.9. The summed E-state index contributed by atoms with van der Waals surface area (Å²) in [6.45, 7) is 2.04. The first-order valence-electron chi connectivity index (χ1n) is 6.52. The second kappa shape index (κ2) is 7.00. The van der Waals surface area contributed by atoms with E-state index in [2.05, 4.69) is 21.2 Å². The minimum Gasteiger partial charge on any atom is -0.497 e. The Morgan fingerprint density at radius 3 is 2.71 bits per heavy atom. The van der Waals surface area contributed by atoms with Crippen molar-refractivity contribution in [2.45, 2.75) is 19.5 Å². The molecule has 0 unspecified atom stereocenters. The van der Waals surface area contributed by atoms with Crippen LogP contribution < -0.4 is 10.1 Å². The molecule has 0 aliphatic heterocycles. The van der Waals surface area contributed by atoms with Gasteiger partial charge in [-0.3, -0.25) is 0 Å². The highest BCUT2D eigenvalue weighted by Gasteiger charge is 2.14. The molecule has 0 saturated carbocycles. The smallest absolute Gasteiger partial charge is 0.144 e. The van der Waals surface area contributed by atoms with Crippen LogP contribution in [0.4, 0.5) is 8.78 Å². The maximum Gasteiger partial charge on any atom is 0.144 e. The molecule has 0 aliphatic carbocycles. The predicted octanol–water partition coefficient (Wildman–Crippen LogP) is 4.59. The third-order valence-electron chi connectivity index (χ3n) is 3.32. The van der Waals surface area contributed by atoms with Crippen molar-refractivity contribution in [3.8, 4) is 5.75 Å². The van der Waals surface area contributed by atoms with E-state index in [1.807, 2.05) is 31.2 Å². The van der Waals surface area contributed by atoms with Gasteiger partial charge in [-0.2, -0.15) is 0 Å². The van der Waals surface area contributed by atoms with Crippen molar-refractivity contribution in [2.24, 2.45) is 0 Å². The van der Waals surface area contributed by atoms with Crippen LogP contribution in [-0.2, 0) is 6.54 Å². The molecule has 2 aromatic rings. The Balaban J connectivity index is 2.11. The van der Waals surface area contributed by atoms with Gasteiger partial charge in [-0.1, -0.05) is 12.1 Å². The molecule has 0 bridgehead atoms. The van der Waals surface area contributed by atoms with Gasteiger partial charge < -0.3 is 10.1 Å². The fourth-order valence-corrected chi connectivity index (χ4v) is 2.39. The largest absolute Gasteiger partial charge is 0.497 e. The SMILES string of the molecule is COc1cccc([C@@H](C)NCc2c(F)ccc(Br)c2F)c1. The van der Waals surface area contributed by atoms with Crippen LogP contribution >= 0.6 is 15.9 Å². The summed E-state index contributed by atoms with van der Waals surface area (Å²) in [5, 5.41) is 3.12. The van der Waals surface area contributed by atoms with E-state index in [1.54, 1.807) is 7.11 Å². The second-order valence-electron chi connectivity index (χ2n) is 4.70. The molecule has 5 heteroatoms. The van der Waals surface area contributed by atoms with Gasteiger partial charge in [0.05, 0.1) is 11.6 Å². The summed E-state index contributed by atoms with van der Waals surface area (Å²) in [7, 11) is 1.60. The highest BCUT2D eigenvalue weighted by molar-refractivity contribution is 9.10. The fraction of sp³-hybridized carbons (Fsp3) is 0.250. The fourth-order valence-electron chi connectivity index (χ4n) is 2.01. The molecule has 0 radical (unpaired) electrons. The zero-order valence-corrected chi connectivity index (χ0v) is 13.4. The predicted molar refractivity (Wildman–Crippen MR) is 82.3 cm³/mol. The minimum atomic E-state index is -0.569. The summed E-state index contributed by atoms with van der Waals surface area (Å²) in [5.74, 6) is -0.373. The van der Waals surface area contributed by atoms with Gasteiger partial charge in [-0.15, -0.1) is 0 Å². The molecule has 0 heterocycles. The number of rotatable bonds is 5. The zero-order chi connectivity index (χ0) is 15.4. The molecule has 0 aliphatic rings. The normalized spacial score (nSPS) is 12.2. The van der Waals surface area contributed by atoms with Crippen LogP contribution in [0.5, 0.6) is 5.75 Å². The summed E-state index contributed by atoms with van der Waals surface area (Å²) in [6, 6.07) is 10.1. The number of halogens is 3. The zero-order valence-electron chi connectivity index (χ0n) is 11.8. The summed E-state index contributed by atoms with van der Waals surface area (Å²) >= 11 is 3.07. The maximum atomic E-state index is 13.9. The Labute approximate surface area is 131 Å². The number of benzene rings is 2. The summed E-state index contributed by atoms with van der Waals surface area (Å²) in [5.41, 5.74) is 1.02. The van der Waals surface area contributed by atoms with Gasteiger partial charge in [0, 0.05) is 18.2 Å². The Bertz CT molecular complexity index is 634. The van der Waals surface area contributed by atoms with Gasteiger partial charge in [-0.05, 0) is 52.7 Å². The van der Waals surface area contributed by atoms with Crippen LogP contribution in [0.1, 0.15) is 24.1 Å². The van der Waals surface area contributed by atoms with E-state index in [1.165, 1.54) is 12.1 Å². The molecule has 0 spiro atoms. The third kappa shape index (κ3) is 3.80. The van der Waals surface area contributed by atoms with Crippen molar-refractivity contribution in [2.75, 3.05) is 7.11 Å². The molecule has 2 aromatic carbocycles. The summed E-state index contributed by atoms with van der Waals surface area (Å²) in [6.07, 6.45) is 0. The molecule has 0 amide bonds. The van der Waals surface area contributed by atoms with Crippen molar-refractivity contribution in [1.82, 2.24) is 5.32 Å². The van der Waals surface area contributed by atoms with Crippen molar-refractivity contribution < 1.29 is 13.5 Å². The Morgan fingerprint density at radius 2 is 2.00 bits per heavy atom. The van der Waals surface area contributed by atoms with E-state index in [-0.39, 0.29) is 22.6 Å². The highest BCUT2D eigenvalue weighted by atomic mass is 79.9. The third-order valence-corrected chi connectivity index (χ3v) is 3.93. The monoisotopic (exact) mass is 355 g/mol. The molecule has 2 nitrogen and oxygen atoms in total. The molecule has 2 rings (SSSR count). The molecular formula is C16H16BrF2NO. The van der Waals surface area contributed by atoms with Gasteiger partial charge >= 0.3 is 0 Å². The van der Waals surface area contributed by atoms with Gasteiger partial charge in [0.25, 0.3) is 0 Å². The van der Waals surface area contributed by atoms with Crippen molar-refractivity contribution in [1.29, 1.82) is 0 Å². The number of hydrogen-bond acceptors (Lipinski definition) is 2. The highest BCUT2D eigenvalue weighted by Crippen LogP contribution is 2.23. The van der Waals surface area contributed by atoms with Gasteiger partial charge in [0.1, 0.15) is 17.4 Å². The van der Waals surface area contributed by atoms with Crippen LogP contribution in [0.3, 0.4) is 0 Å². The van der Waals surface area contributed by atoms with E-state index in [9.17, 15) is 8.78 Å². The lowest BCUT2D eigenvalue weighted by atomic mass is 10.1. The average molecular weight is 356 g/mol. The molecule has 0 saturated heterocycles. The average Bonchev–Trinajstić information content (AvgIpc) is 2.51. The lowest BCUT2D eigenvalue weighted by Gasteiger charge is -2.16. The molecule has 0 aromatic heterocycles. The Kier molecular flexibility index (Phi) is 5.31. The first-order chi connectivity index (χ1) is 10.0. The Morgan fingerprint density at radius 1 is 1.24 bits per heavy atom. The number of methoxy groups -OCH3 is 1. The number of nitrogens with one attached hydrogen (secondary N) is 1. The standard InChI is InChI=1S/C16H16BrF2NO/c1-10(11-4-3-5-12(8-11)21-2)20-9-13-15(18)7-6-14(17)16(13)19/h3-8,10,20H,9H2,1-2H3/t10-/m1/s1. The lowest BCUT2D eigenvalue weighted by Crippen LogP contribution is -2.19. The topological polar surface area (TPSA) is 21.3 Å². The minimum absolute atomic E-state index is 0.0270. The van der Waals surface area contributed by atoms with Crippen molar-refractivity contribution >= 4 is 15.9 Å². The molecular weight excluding hydrogens is 340 g/mol. The van der Waals surface area contributed by atoms with Crippen LogP contribution in [0.2, 0.25) is 0 Å². The van der Waals surface area contributed by atoms with E-state index in [0.29, 0.717) is 0 Å². The van der Waals surface area contributed by atoms with E-state index >= 15 is 0 Å². The second-order valence-corrected chi connectivity index (χ2v) is 5.56. The van der Waals surface area contributed by atoms with E-state index < -0.39 is 11.6 Å². The van der Waals surface area contributed by atoms with Crippen LogP contribution in [-0.4, -0.2) is 7.11 Å². The first kappa shape index (κ1) is 15.9. The molecule has 1 atom stereocenters. The van der Waals surface area contributed by atoms with Gasteiger partial charge in [0.2, 0.25) is 0 Å². The van der Waals surface area contributed by atoms with Crippen LogP contribution in [0.15, 0.2) is 40.9 Å². The first-order valence-corrected chi connectivity index (χ1v) is 7.32. The molecule has 1 N–H and O–H groups in total. The number of hydrogen-bond donors (Lipinski definition) is 1. The Hall–Kier alpha value is -1.46. The quantitative estimate of drug-likeness (QED) is 0.792. The van der Waals surface area contributed by atoms with Gasteiger partial charge in [-0.25, -0.2) is 8.78 Å². The molecule has 112 valence electrons. The van der Waals surface area contributed by atoms with E-state index in [4.69, 9.17) is 4.74 Å². The number of ether oxygens (including phenoxy) is 1. The van der Waals surface area contributed by atoms with Crippen LogP contribution in [0, 0.1) is 11.6 Å². The van der Waals surface area contributed by atoms with Crippen LogP contribution in [0.25, 0.3) is 0 Å². The molecule has 21 heavy (non-hydrogen) atoms. The van der Waals surface area contributed by atoms with Gasteiger partial charge in [0.15, 0.2) is 0 Å². The molecule has 0 fully saturated rings. The van der Waals surface area contributed by atoms with Crippen molar-refractivity contribution in [3.05, 3.63) is 63.6 Å². The van der Waals surface area contributed by atoms with E-state index in [0.717, 1.165) is 11.3 Å².